The largest absolute Gasteiger partial charge is 0.498 e. The van der Waals surface area contributed by atoms with Crippen molar-refractivity contribution in [3.63, 3.8) is 0 Å². The Balaban J connectivity index is 2.37. The molecule has 0 bridgehead atoms. The van der Waals surface area contributed by atoms with Crippen molar-refractivity contribution in [1.29, 1.82) is 0 Å². The number of carbonyl (C=O) groups excluding carboxylic acids is 1. The van der Waals surface area contributed by atoms with Crippen LogP contribution in [0.1, 0.15) is 19.8 Å². The Hall–Kier alpha value is -0.990. The van der Waals surface area contributed by atoms with Crippen molar-refractivity contribution in [2.75, 3.05) is 13.2 Å². The number of hydrogen-bond donors (Lipinski definition) is 1. The zero-order valence-electron chi connectivity index (χ0n) is 6.72. The van der Waals surface area contributed by atoms with E-state index in [4.69, 9.17) is 4.74 Å². The number of rotatable bonds is 3. The van der Waals surface area contributed by atoms with Crippen LogP contribution in [0.25, 0.3) is 0 Å². The van der Waals surface area contributed by atoms with Crippen LogP contribution in [0.15, 0.2) is 11.8 Å². The standard InChI is InChI=1S/C8H13NO2/c1-2-5-11-7-3-4-9-8(10)6-7/h6H,2-5H2,1H3,(H,9,10). The van der Waals surface area contributed by atoms with Crippen molar-refractivity contribution in [3.05, 3.63) is 11.8 Å². The molecule has 0 aliphatic carbocycles. The Morgan fingerprint density at radius 1 is 1.73 bits per heavy atom. The Labute approximate surface area is 66.4 Å². The molecule has 1 heterocycles. The summed E-state index contributed by atoms with van der Waals surface area (Å²) in [6.07, 6.45) is 3.34. The summed E-state index contributed by atoms with van der Waals surface area (Å²) in [5.41, 5.74) is 0. The molecule has 0 aromatic heterocycles. The molecule has 0 radical (unpaired) electrons. The third-order valence-electron chi connectivity index (χ3n) is 1.45. The van der Waals surface area contributed by atoms with Crippen LogP contribution in [0.3, 0.4) is 0 Å². The van der Waals surface area contributed by atoms with Gasteiger partial charge in [0.05, 0.1) is 6.61 Å². The summed E-state index contributed by atoms with van der Waals surface area (Å²) in [6, 6.07) is 0. The molecule has 0 aromatic rings. The number of hydrogen-bond acceptors (Lipinski definition) is 2. The third kappa shape index (κ3) is 2.62. The minimum atomic E-state index is -0.0395. The van der Waals surface area contributed by atoms with E-state index in [9.17, 15) is 4.79 Å². The lowest BCUT2D eigenvalue weighted by atomic mass is 10.2. The first-order chi connectivity index (χ1) is 5.33. The molecule has 1 N–H and O–H groups in total. The summed E-state index contributed by atoms with van der Waals surface area (Å²) < 4.78 is 5.30. The molecule has 62 valence electrons. The summed E-state index contributed by atoms with van der Waals surface area (Å²) in [4.78, 5) is 10.8. The van der Waals surface area contributed by atoms with Gasteiger partial charge in [0.1, 0.15) is 5.76 Å². The van der Waals surface area contributed by atoms with Gasteiger partial charge in [0.2, 0.25) is 5.91 Å². The molecule has 3 heteroatoms. The van der Waals surface area contributed by atoms with Crippen molar-refractivity contribution in [1.82, 2.24) is 5.32 Å². The fourth-order valence-electron chi connectivity index (χ4n) is 0.925. The highest BCUT2D eigenvalue weighted by molar-refractivity contribution is 5.88. The van der Waals surface area contributed by atoms with E-state index in [1.54, 1.807) is 0 Å². The molecule has 3 nitrogen and oxygen atoms in total. The molecule has 0 aromatic carbocycles. The van der Waals surface area contributed by atoms with Crippen LogP contribution in [0, 0.1) is 0 Å². The first-order valence-corrected chi connectivity index (χ1v) is 3.94. The van der Waals surface area contributed by atoms with Crippen LogP contribution < -0.4 is 5.32 Å². The zero-order valence-corrected chi connectivity index (χ0v) is 6.72. The van der Waals surface area contributed by atoms with Gasteiger partial charge in [-0.3, -0.25) is 4.79 Å². The Kier molecular flexibility index (Phi) is 2.95. The van der Waals surface area contributed by atoms with E-state index in [2.05, 4.69) is 5.32 Å². The number of carbonyl (C=O) groups is 1. The number of nitrogens with one attached hydrogen (secondary N) is 1. The predicted molar refractivity (Wildman–Crippen MR) is 42.0 cm³/mol. The molecule has 0 saturated heterocycles. The topological polar surface area (TPSA) is 38.3 Å². The van der Waals surface area contributed by atoms with Gasteiger partial charge in [-0.15, -0.1) is 0 Å². The van der Waals surface area contributed by atoms with Crippen molar-refractivity contribution < 1.29 is 9.53 Å². The Morgan fingerprint density at radius 2 is 2.55 bits per heavy atom. The maximum absolute atomic E-state index is 10.8. The van der Waals surface area contributed by atoms with Crippen LogP contribution in [0.5, 0.6) is 0 Å². The molecular formula is C8H13NO2. The van der Waals surface area contributed by atoms with Crippen LogP contribution in [-0.4, -0.2) is 19.1 Å². The number of amides is 1. The molecule has 1 aliphatic heterocycles. The van der Waals surface area contributed by atoms with Crippen molar-refractivity contribution in [2.24, 2.45) is 0 Å². The normalized spacial score (nSPS) is 17.2. The first-order valence-electron chi connectivity index (χ1n) is 3.94. The molecule has 1 amide bonds. The van der Waals surface area contributed by atoms with Crippen molar-refractivity contribution in [2.45, 2.75) is 19.8 Å². The maximum Gasteiger partial charge on any atom is 0.247 e. The highest BCUT2D eigenvalue weighted by Gasteiger charge is 2.08. The fraction of sp³-hybridized carbons (Fsp3) is 0.625. The molecular weight excluding hydrogens is 142 g/mol. The maximum atomic E-state index is 10.8. The lowest BCUT2D eigenvalue weighted by Crippen LogP contribution is -2.27. The van der Waals surface area contributed by atoms with Gasteiger partial charge in [0, 0.05) is 19.0 Å². The lowest BCUT2D eigenvalue weighted by molar-refractivity contribution is -0.117. The quantitative estimate of drug-likeness (QED) is 0.655. The van der Waals surface area contributed by atoms with Gasteiger partial charge in [-0.1, -0.05) is 6.92 Å². The van der Waals surface area contributed by atoms with Crippen LogP contribution in [-0.2, 0) is 9.53 Å². The van der Waals surface area contributed by atoms with E-state index >= 15 is 0 Å². The van der Waals surface area contributed by atoms with E-state index in [0.29, 0.717) is 13.2 Å². The average molecular weight is 155 g/mol. The fourth-order valence-corrected chi connectivity index (χ4v) is 0.925. The third-order valence-corrected chi connectivity index (χ3v) is 1.45. The zero-order chi connectivity index (χ0) is 8.10. The lowest BCUT2D eigenvalue weighted by Gasteiger charge is -2.13. The summed E-state index contributed by atoms with van der Waals surface area (Å²) >= 11 is 0. The van der Waals surface area contributed by atoms with E-state index in [-0.39, 0.29) is 5.91 Å². The summed E-state index contributed by atoms with van der Waals surface area (Å²) in [7, 11) is 0. The first kappa shape index (κ1) is 8.11. The molecule has 0 unspecified atom stereocenters. The second-order valence-electron chi connectivity index (χ2n) is 2.50. The van der Waals surface area contributed by atoms with E-state index in [0.717, 1.165) is 18.6 Å². The molecule has 11 heavy (non-hydrogen) atoms. The van der Waals surface area contributed by atoms with Crippen molar-refractivity contribution in [3.8, 4) is 0 Å². The SMILES string of the molecule is CCCOC1=CC(=O)NCC1. The predicted octanol–water partition coefficient (Wildman–Crippen LogP) is 0.817. The molecule has 0 spiro atoms. The highest BCUT2D eigenvalue weighted by Crippen LogP contribution is 2.06. The van der Waals surface area contributed by atoms with Crippen LogP contribution in [0.4, 0.5) is 0 Å². The monoisotopic (exact) mass is 155 g/mol. The van der Waals surface area contributed by atoms with Gasteiger partial charge < -0.3 is 10.1 Å². The minimum Gasteiger partial charge on any atom is -0.498 e. The van der Waals surface area contributed by atoms with Gasteiger partial charge >= 0.3 is 0 Å². The highest BCUT2D eigenvalue weighted by atomic mass is 16.5. The molecule has 0 fully saturated rings. The minimum absolute atomic E-state index is 0.0395. The van der Waals surface area contributed by atoms with Gasteiger partial charge in [-0.05, 0) is 6.42 Å². The van der Waals surface area contributed by atoms with Gasteiger partial charge in [-0.25, -0.2) is 0 Å². The molecule has 1 aliphatic rings. The average Bonchev–Trinajstić information content (AvgIpc) is 2.01. The van der Waals surface area contributed by atoms with E-state index in [1.807, 2.05) is 6.92 Å². The summed E-state index contributed by atoms with van der Waals surface area (Å²) in [5, 5.41) is 2.69. The second-order valence-corrected chi connectivity index (χ2v) is 2.50. The van der Waals surface area contributed by atoms with Crippen molar-refractivity contribution >= 4 is 5.91 Å². The molecule has 1 rings (SSSR count). The Bertz CT molecular complexity index is 175. The number of ether oxygens (including phenoxy) is 1. The second kappa shape index (κ2) is 4.01. The van der Waals surface area contributed by atoms with Crippen LogP contribution in [0.2, 0.25) is 0 Å². The molecule has 0 saturated carbocycles. The molecule has 0 atom stereocenters. The smallest absolute Gasteiger partial charge is 0.247 e. The van der Waals surface area contributed by atoms with E-state index in [1.165, 1.54) is 6.08 Å². The van der Waals surface area contributed by atoms with Crippen LogP contribution >= 0.6 is 0 Å². The van der Waals surface area contributed by atoms with Gasteiger partial charge in [0.15, 0.2) is 0 Å². The summed E-state index contributed by atoms with van der Waals surface area (Å²) in [6.45, 7) is 3.46. The van der Waals surface area contributed by atoms with Gasteiger partial charge in [0.25, 0.3) is 0 Å². The van der Waals surface area contributed by atoms with E-state index < -0.39 is 0 Å². The Morgan fingerprint density at radius 3 is 3.18 bits per heavy atom. The van der Waals surface area contributed by atoms with Gasteiger partial charge in [-0.2, -0.15) is 0 Å². The summed E-state index contributed by atoms with van der Waals surface area (Å²) in [5.74, 6) is 0.776.